The third-order valence-corrected chi connectivity index (χ3v) is 2.74. The fraction of sp³-hybridized carbons (Fsp3) is 0.500. The summed E-state index contributed by atoms with van der Waals surface area (Å²) in [5.74, 6) is 0. The van der Waals surface area contributed by atoms with Gasteiger partial charge >= 0.3 is 0 Å². The Hall–Kier alpha value is -2.22. The van der Waals surface area contributed by atoms with Crippen LogP contribution >= 0.6 is 0 Å². The average molecular weight is 282 g/mol. The highest BCUT2D eigenvalue weighted by Gasteiger charge is 2.18. The molecule has 1 aromatic carbocycles. The molecule has 0 amide bonds. The number of hydrogen-bond acceptors (Lipinski definition) is 6. The Balaban J connectivity index is 2.65. The zero-order valence-electron chi connectivity index (χ0n) is 11.5. The summed E-state index contributed by atoms with van der Waals surface area (Å²) in [7, 11) is 3.96. The molecule has 0 aliphatic carbocycles. The number of rotatable bonds is 8. The van der Waals surface area contributed by atoms with E-state index in [0.29, 0.717) is 12.2 Å². The van der Waals surface area contributed by atoms with Crippen molar-refractivity contribution in [1.82, 2.24) is 4.90 Å². The second-order valence-corrected chi connectivity index (χ2v) is 4.65. The molecule has 0 radical (unpaired) electrons. The SMILES string of the molecule is CN(C)CCCCNc1ccc([N+](=O)[O-])cc1[N+](=O)[O-]. The molecule has 110 valence electrons. The summed E-state index contributed by atoms with van der Waals surface area (Å²) in [5.41, 5.74) is -0.243. The van der Waals surface area contributed by atoms with Gasteiger partial charge in [-0.25, -0.2) is 0 Å². The lowest BCUT2D eigenvalue weighted by Crippen LogP contribution is -2.14. The summed E-state index contributed by atoms with van der Waals surface area (Å²) in [6.07, 6.45) is 1.84. The molecule has 0 unspecified atom stereocenters. The zero-order valence-corrected chi connectivity index (χ0v) is 11.5. The predicted octanol–water partition coefficient (Wildman–Crippen LogP) is 2.26. The van der Waals surface area contributed by atoms with Crippen LogP contribution in [-0.4, -0.2) is 41.9 Å². The molecule has 1 aromatic rings. The van der Waals surface area contributed by atoms with E-state index in [9.17, 15) is 20.2 Å². The van der Waals surface area contributed by atoms with Crippen LogP contribution in [0.5, 0.6) is 0 Å². The molecule has 0 aliphatic rings. The van der Waals surface area contributed by atoms with Gasteiger partial charge in [-0.3, -0.25) is 20.2 Å². The van der Waals surface area contributed by atoms with Crippen molar-refractivity contribution in [2.24, 2.45) is 0 Å². The van der Waals surface area contributed by atoms with Crippen LogP contribution in [0.15, 0.2) is 18.2 Å². The molecule has 8 nitrogen and oxygen atoms in total. The van der Waals surface area contributed by atoms with Crippen LogP contribution in [0.3, 0.4) is 0 Å². The minimum absolute atomic E-state index is 0.271. The maximum Gasteiger partial charge on any atom is 0.299 e. The molecule has 1 rings (SSSR count). The maximum absolute atomic E-state index is 10.9. The first-order valence-corrected chi connectivity index (χ1v) is 6.23. The smallest absolute Gasteiger partial charge is 0.299 e. The Bertz CT molecular complexity index is 490. The Morgan fingerprint density at radius 3 is 2.40 bits per heavy atom. The van der Waals surface area contributed by atoms with Gasteiger partial charge in [0.15, 0.2) is 0 Å². The van der Waals surface area contributed by atoms with Crippen molar-refractivity contribution in [3.63, 3.8) is 0 Å². The lowest BCUT2D eigenvalue weighted by molar-refractivity contribution is -0.393. The number of benzene rings is 1. The van der Waals surface area contributed by atoms with Crippen LogP contribution in [0.25, 0.3) is 0 Å². The fourth-order valence-corrected chi connectivity index (χ4v) is 1.71. The molecule has 0 spiro atoms. The number of nitro benzene ring substituents is 2. The topological polar surface area (TPSA) is 102 Å². The first-order chi connectivity index (χ1) is 9.41. The minimum atomic E-state index is -0.645. The molecule has 0 aliphatic heterocycles. The number of non-ortho nitro benzene ring substituents is 1. The Kier molecular flexibility index (Phi) is 5.85. The molecule has 20 heavy (non-hydrogen) atoms. The summed E-state index contributed by atoms with van der Waals surface area (Å²) in [4.78, 5) is 22.3. The normalized spacial score (nSPS) is 10.6. The second-order valence-electron chi connectivity index (χ2n) is 4.65. The third kappa shape index (κ3) is 4.81. The highest BCUT2D eigenvalue weighted by molar-refractivity contribution is 5.65. The lowest BCUT2D eigenvalue weighted by atomic mass is 10.2. The monoisotopic (exact) mass is 282 g/mol. The van der Waals surface area contributed by atoms with Crippen molar-refractivity contribution >= 4 is 17.1 Å². The molecule has 8 heteroatoms. The molecular weight excluding hydrogens is 264 g/mol. The van der Waals surface area contributed by atoms with Gasteiger partial charge in [0, 0.05) is 12.6 Å². The van der Waals surface area contributed by atoms with Crippen molar-refractivity contribution < 1.29 is 9.85 Å². The summed E-state index contributed by atoms with van der Waals surface area (Å²) in [6.45, 7) is 1.54. The van der Waals surface area contributed by atoms with E-state index in [1.807, 2.05) is 14.1 Å². The Labute approximate surface area is 116 Å². The molecule has 1 N–H and O–H groups in total. The van der Waals surface area contributed by atoms with Gasteiger partial charge < -0.3 is 10.2 Å². The van der Waals surface area contributed by atoms with E-state index in [2.05, 4.69) is 10.2 Å². The van der Waals surface area contributed by atoms with E-state index in [-0.39, 0.29) is 11.4 Å². The van der Waals surface area contributed by atoms with Crippen LogP contribution in [0, 0.1) is 20.2 Å². The van der Waals surface area contributed by atoms with E-state index in [0.717, 1.165) is 25.5 Å². The molecular formula is C12H18N4O4. The van der Waals surface area contributed by atoms with E-state index in [1.165, 1.54) is 12.1 Å². The van der Waals surface area contributed by atoms with Gasteiger partial charge in [-0.2, -0.15) is 0 Å². The van der Waals surface area contributed by atoms with Crippen LogP contribution in [0.1, 0.15) is 12.8 Å². The van der Waals surface area contributed by atoms with Crippen molar-refractivity contribution in [2.75, 3.05) is 32.5 Å². The molecule has 0 bridgehead atoms. The Morgan fingerprint density at radius 2 is 1.85 bits per heavy atom. The van der Waals surface area contributed by atoms with Gasteiger partial charge in [-0.05, 0) is 39.5 Å². The molecule has 0 saturated carbocycles. The second kappa shape index (κ2) is 7.39. The number of nitrogens with zero attached hydrogens (tertiary/aromatic N) is 3. The van der Waals surface area contributed by atoms with E-state index < -0.39 is 9.85 Å². The van der Waals surface area contributed by atoms with Gasteiger partial charge in [0.05, 0.1) is 15.9 Å². The molecule has 0 fully saturated rings. The minimum Gasteiger partial charge on any atom is -0.379 e. The van der Waals surface area contributed by atoms with Gasteiger partial charge in [0.1, 0.15) is 5.69 Å². The standard InChI is InChI=1S/C12H18N4O4/c1-14(2)8-4-3-7-13-11-6-5-10(15(17)18)9-12(11)16(19)20/h5-6,9,13H,3-4,7-8H2,1-2H3. The highest BCUT2D eigenvalue weighted by Crippen LogP contribution is 2.28. The number of anilines is 1. The van der Waals surface area contributed by atoms with Crippen molar-refractivity contribution in [3.05, 3.63) is 38.4 Å². The van der Waals surface area contributed by atoms with Crippen molar-refractivity contribution in [1.29, 1.82) is 0 Å². The van der Waals surface area contributed by atoms with E-state index in [4.69, 9.17) is 0 Å². The van der Waals surface area contributed by atoms with Crippen LogP contribution in [-0.2, 0) is 0 Å². The number of hydrogen-bond donors (Lipinski definition) is 1. The summed E-state index contributed by atoms with van der Waals surface area (Å²) < 4.78 is 0. The summed E-state index contributed by atoms with van der Waals surface area (Å²) in [5, 5.41) is 24.5. The van der Waals surface area contributed by atoms with Gasteiger partial charge in [0.25, 0.3) is 11.4 Å². The fourth-order valence-electron chi connectivity index (χ4n) is 1.71. The molecule has 0 saturated heterocycles. The predicted molar refractivity (Wildman–Crippen MR) is 76.0 cm³/mol. The Morgan fingerprint density at radius 1 is 1.15 bits per heavy atom. The molecule has 0 heterocycles. The number of unbranched alkanes of at least 4 members (excludes halogenated alkanes) is 1. The molecule has 0 atom stereocenters. The number of nitrogens with one attached hydrogen (secondary N) is 1. The van der Waals surface area contributed by atoms with Gasteiger partial charge in [-0.15, -0.1) is 0 Å². The third-order valence-electron chi connectivity index (χ3n) is 2.74. The molecule has 0 aromatic heterocycles. The van der Waals surface area contributed by atoms with E-state index in [1.54, 1.807) is 0 Å². The average Bonchev–Trinajstić information content (AvgIpc) is 2.37. The van der Waals surface area contributed by atoms with Crippen molar-refractivity contribution in [2.45, 2.75) is 12.8 Å². The summed E-state index contributed by atoms with van der Waals surface area (Å²) in [6, 6.07) is 3.61. The quantitative estimate of drug-likeness (QED) is 0.446. The lowest BCUT2D eigenvalue weighted by Gasteiger charge is -2.10. The largest absolute Gasteiger partial charge is 0.379 e. The van der Waals surface area contributed by atoms with Gasteiger partial charge in [-0.1, -0.05) is 0 Å². The maximum atomic E-state index is 10.9. The van der Waals surface area contributed by atoms with E-state index >= 15 is 0 Å². The first kappa shape index (κ1) is 15.8. The zero-order chi connectivity index (χ0) is 15.1. The van der Waals surface area contributed by atoms with Crippen LogP contribution in [0.2, 0.25) is 0 Å². The van der Waals surface area contributed by atoms with Gasteiger partial charge in [0.2, 0.25) is 0 Å². The van der Waals surface area contributed by atoms with Crippen LogP contribution in [0.4, 0.5) is 17.1 Å². The van der Waals surface area contributed by atoms with Crippen molar-refractivity contribution in [3.8, 4) is 0 Å². The first-order valence-electron chi connectivity index (χ1n) is 6.23. The highest BCUT2D eigenvalue weighted by atomic mass is 16.6. The number of nitro groups is 2. The van der Waals surface area contributed by atoms with Crippen LogP contribution < -0.4 is 5.32 Å². The summed E-state index contributed by atoms with van der Waals surface area (Å²) >= 11 is 0.